The number of anilines is 2. The summed E-state index contributed by atoms with van der Waals surface area (Å²) in [7, 11) is 0. The number of para-hydroxylation sites is 1. The fourth-order valence-corrected chi connectivity index (χ4v) is 10.0. The molecule has 3 aliphatic rings. The Morgan fingerprint density at radius 1 is 1.13 bits per heavy atom. The highest BCUT2D eigenvalue weighted by molar-refractivity contribution is 8.02. The molecule has 0 aliphatic carbocycles. The van der Waals surface area contributed by atoms with E-state index in [9.17, 15) is 19.5 Å². The molecule has 8 nitrogen and oxygen atoms in total. The van der Waals surface area contributed by atoms with Gasteiger partial charge in [-0.3, -0.25) is 14.4 Å². The van der Waals surface area contributed by atoms with E-state index in [0.717, 1.165) is 5.56 Å². The van der Waals surface area contributed by atoms with Crippen LogP contribution >= 0.6 is 23.4 Å². The normalized spacial score (nSPS) is 25.5. The van der Waals surface area contributed by atoms with Gasteiger partial charge in [0.05, 0.1) is 46.5 Å². The van der Waals surface area contributed by atoms with Gasteiger partial charge in [0.2, 0.25) is 11.8 Å². The molecule has 10 heteroatoms. The average molecular weight is 652 g/mol. The number of hydrogen-bond donors (Lipinski definition) is 1. The molecule has 240 valence electrons. The van der Waals surface area contributed by atoms with Crippen molar-refractivity contribution in [1.82, 2.24) is 4.90 Å². The van der Waals surface area contributed by atoms with Crippen LogP contribution in [0.25, 0.3) is 0 Å². The van der Waals surface area contributed by atoms with Crippen LogP contribution in [0.2, 0.25) is 5.02 Å². The van der Waals surface area contributed by atoms with Crippen LogP contribution in [0.15, 0.2) is 67.8 Å². The Morgan fingerprint density at radius 3 is 2.42 bits per heavy atom. The van der Waals surface area contributed by atoms with Crippen molar-refractivity contribution in [2.75, 3.05) is 36.1 Å². The molecule has 0 aromatic heterocycles. The lowest BCUT2D eigenvalue weighted by Gasteiger charge is -2.40. The summed E-state index contributed by atoms with van der Waals surface area (Å²) in [5.41, 5.74) is 2.09. The van der Waals surface area contributed by atoms with Crippen LogP contribution in [0.4, 0.5) is 11.4 Å². The average Bonchev–Trinajstić information content (AvgIpc) is 3.68. The highest BCUT2D eigenvalue weighted by atomic mass is 35.5. The van der Waals surface area contributed by atoms with Crippen molar-refractivity contribution >= 4 is 52.5 Å². The van der Waals surface area contributed by atoms with Crippen molar-refractivity contribution < 1.29 is 24.2 Å². The number of carbonyl (C=O) groups is 3. The highest BCUT2D eigenvalue weighted by Crippen LogP contribution is 2.67. The Hall–Kier alpha value is -3.27. The molecule has 3 aliphatic heterocycles. The summed E-state index contributed by atoms with van der Waals surface area (Å²) in [6.45, 7) is 14.2. The van der Waals surface area contributed by atoms with E-state index in [0.29, 0.717) is 48.0 Å². The SMILES string of the molecule is C=CCN(C(=O)[C@@H]1[C@H]2C(=O)N([C@@H](CC)CO)C(C(=O)N(CC=C)c3c(C)cccc3Cl)C23CC[C@H]1S3)c1ccc(OCC)cc1. The lowest BCUT2D eigenvalue weighted by atomic mass is 9.70. The van der Waals surface area contributed by atoms with Gasteiger partial charge in [-0.2, -0.15) is 0 Å². The molecule has 1 spiro atoms. The van der Waals surface area contributed by atoms with Crippen molar-refractivity contribution in [3.8, 4) is 5.75 Å². The zero-order chi connectivity index (χ0) is 32.5. The molecule has 2 unspecified atom stereocenters. The number of ether oxygens (including phenoxy) is 1. The molecule has 2 bridgehead atoms. The standard InChI is InChI=1S/C35H42ClN3O5S/c1-6-19-37(24-13-15-25(16-14-24)44-9-4)32(41)28-27-17-18-35(45-27)29(28)33(42)39(23(8-3)21-40)31(35)34(43)38(20-7-2)30-22(5)11-10-12-26(30)36/h6-7,10-16,23,27-29,31,40H,1-2,8-9,17-21H2,3-5H3/t23-,27+,28-,29-,31?,35?/m0/s1. The van der Waals surface area contributed by atoms with Crippen LogP contribution in [-0.4, -0.2) is 76.1 Å². The molecule has 3 amide bonds. The summed E-state index contributed by atoms with van der Waals surface area (Å²) in [6, 6.07) is 11.4. The van der Waals surface area contributed by atoms with E-state index in [1.165, 1.54) is 0 Å². The molecule has 3 saturated heterocycles. The van der Waals surface area contributed by atoms with E-state index >= 15 is 0 Å². The Bertz CT molecular complexity index is 1440. The first-order chi connectivity index (χ1) is 21.7. The van der Waals surface area contributed by atoms with Gasteiger partial charge in [-0.15, -0.1) is 24.9 Å². The first-order valence-electron chi connectivity index (χ1n) is 15.6. The molecule has 0 saturated carbocycles. The number of aliphatic hydroxyl groups is 1. The lowest BCUT2D eigenvalue weighted by molar-refractivity contribution is -0.141. The second-order valence-electron chi connectivity index (χ2n) is 11.9. The van der Waals surface area contributed by atoms with E-state index in [1.807, 2.05) is 57.2 Å². The molecule has 1 N–H and O–H groups in total. The van der Waals surface area contributed by atoms with Gasteiger partial charge in [0.1, 0.15) is 11.8 Å². The van der Waals surface area contributed by atoms with Crippen LogP contribution in [0.5, 0.6) is 5.75 Å². The number of nitrogens with zero attached hydrogens (tertiary/aromatic N) is 3. The first-order valence-corrected chi connectivity index (χ1v) is 16.9. The van der Waals surface area contributed by atoms with E-state index in [-0.39, 0.29) is 42.7 Å². The number of amides is 3. The van der Waals surface area contributed by atoms with Gasteiger partial charge in [0.25, 0.3) is 5.91 Å². The maximum absolute atomic E-state index is 14.9. The molecule has 2 aromatic carbocycles. The van der Waals surface area contributed by atoms with Gasteiger partial charge >= 0.3 is 0 Å². The molecule has 45 heavy (non-hydrogen) atoms. The minimum Gasteiger partial charge on any atom is -0.494 e. The van der Waals surface area contributed by atoms with Crippen molar-refractivity contribution in [2.24, 2.45) is 11.8 Å². The maximum atomic E-state index is 14.9. The summed E-state index contributed by atoms with van der Waals surface area (Å²) in [5, 5.41) is 10.8. The molecule has 3 fully saturated rings. The molecule has 2 aromatic rings. The number of hydrogen-bond acceptors (Lipinski definition) is 6. The Balaban J connectivity index is 1.58. The highest BCUT2D eigenvalue weighted by Gasteiger charge is 2.74. The second-order valence-corrected chi connectivity index (χ2v) is 13.9. The number of benzene rings is 2. The molecular formula is C35H42ClN3O5S. The minimum atomic E-state index is -0.881. The first kappa shape index (κ1) is 33.1. The van der Waals surface area contributed by atoms with Gasteiger partial charge in [-0.25, -0.2) is 0 Å². The van der Waals surface area contributed by atoms with E-state index in [4.69, 9.17) is 16.3 Å². The summed E-state index contributed by atoms with van der Waals surface area (Å²) < 4.78 is 4.77. The summed E-state index contributed by atoms with van der Waals surface area (Å²) in [5.74, 6) is -1.32. The third kappa shape index (κ3) is 5.57. The zero-order valence-corrected chi connectivity index (χ0v) is 27.7. The number of aryl methyl sites for hydroxylation is 1. The molecular weight excluding hydrogens is 610 g/mol. The fraction of sp³-hybridized carbons (Fsp3) is 0.457. The monoisotopic (exact) mass is 651 g/mol. The predicted octanol–water partition coefficient (Wildman–Crippen LogP) is 5.65. The topological polar surface area (TPSA) is 90.4 Å². The third-order valence-corrected chi connectivity index (χ3v) is 11.7. The Morgan fingerprint density at radius 2 is 1.82 bits per heavy atom. The van der Waals surface area contributed by atoms with Crippen LogP contribution in [0, 0.1) is 18.8 Å². The van der Waals surface area contributed by atoms with Gasteiger partial charge in [0.15, 0.2) is 0 Å². The quantitative estimate of drug-likeness (QED) is 0.282. The Labute approximate surface area is 275 Å². The van der Waals surface area contributed by atoms with E-state index < -0.39 is 28.7 Å². The maximum Gasteiger partial charge on any atom is 0.251 e. The Kier molecular flexibility index (Phi) is 10.0. The van der Waals surface area contributed by atoms with Crippen LogP contribution in [0.1, 0.15) is 38.7 Å². The number of fused-ring (bicyclic) bond motifs is 1. The van der Waals surface area contributed by atoms with Gasteiger partial charge in [0, 0.05) is 24.0 Å². The summed E-state index contributed by atoms with van der Waals surface area (Å²) in [4.78, 5) is 48.9. The molecule has 6 atom stereocenters. The van der Waals surface area contributed by atoms with Crippen molar-refractivity contribution in [3.05, 3.63) is 78.4 Å². The van der Waals surface area contributed by atoms with Crippen LogP contribution < -0.4 is 14.5 Å². The van der Waals surface area contributed by atoms with E-state index in [1.54, 1.807) is 44.7 Å². The van der Waals surface area contributed by atoms with Crippen molar-refractivity contribution in [2.45, 2.75) is 62.1 Å². The molecule has 5 rings (SSSR count). The smallest absolute Gasteiger partial charge is 0.251 e. The zero-order valence-electron chi connectivity index (χ0n) is 26.2. The lowest BCUT2D eigenvalue weighted by Crippen LogP contribution is -2.57. The van der Waals surface area contributed by atoms with Gasteiger partial charge in [-0.05, 0) is 69.0 Å². The second kappa shape index (κ2) is 13.6. The number of aliphatic hydroxyl groups excluding tert-OH is 1. The van der Waals surface area contributed by atoms with Crippen LogP contribution in [0.3, 0.4) is 0 Å². The predicted molar refractivity (Wildman–Crippen MR) is 181 cm³/mol. The summed E-state index contributed by atoms with van der Waals surface area (Å²) >= 11 is 8.28. The number of halogens is 1. The van der Waals surface area contributed by atoms with Crippen molar-refractivity contribution in [3.63, 3.8) is 0 Å². The van der Waals surface area contributed by atoms with Crippen LogP contribution in [-0.2, 0) is 14.4 Å². The number of thioether (sulfide) groups is 1. The fourth-order valence-electron chi connectivity index (χ4n) is 7.51. The summed E-state index contributed by atoms with van der Waals surface area (Å²) in [6.07, 6.45) is 5.11. The van der Waals surface area contributed by atoms with E-state index in [2.05, 4.69) is 13.2 Å². The third-order valence-electron chi connectivity index (χ3n) is 9.41. The largest absolute Gasteiger partial charge is 0.494 e. The van der Waals surface area contributed by atoms with Gasteiger partial charge in [-0.1, -0.05) is 42.8 Å². The number of likely N-dealkylation sites (tertiary alicyclic amines) is 1. The number of carbonyl (C=O) groups excluding carboxylic acids is 3. The molecule has 3 heterocycles. The number of rotatable bonds is 13. The minimum absolute atomic E-state index is 0.122. The molecule has 0 radical (unpaired) electrons. The van der Waals surface area contributed by atoms with Crippen molar-refractivity contribution in [1.29, 1.82) is 0 Å². The van der Waals surface area contributed by atoms with Gasteiger partial charge < -0.3 is 24.5 Å².